The molecule has 4 N–H and O–H groups in total. The van der Waals surface area contributed by atoms with E-state index in [0.717, 1.165) is 5.56 Å². The summed E-state index contributed by atoms with van der Waals surface area (Å²) in [6.45, 7) is 0.224. The van der Waals surface area contributed by atoms with Gasteiger partial charge >= 0.3 is 0 Å². The summed E-state index contributed by atoms with van der Waals surface area (Å²) in [7, 11) is 3.08. The minimum Gasteiger partial charge on any atom is -0.506 e. The van der Waals surface area contributed by atoms with Crippen molar-refractivity contribution in [3.63, 3.8) is 0 Å². The number of aromatic nitrogens is 1. The summed E-state index contributed by atoms with van der Waals surface area (Å²) in [5.74, 6) is -0.509. The van der Waals surface area contributed by atoms with Gasteiger partial charge in [0, 0.05) is 24.9 Å². The first-order valence-electron chi connectivity index (χ1n) is 9.99. The van der Waals surface area contributed by atoms with E-state index in [4.69, 9.17) is 15.2 Å². The third-order valence-corrected chi connectivity index (χ3v) is 5.10. The van der Waals surface area contributed by atoms with Crippen LogP contribution in [-0.2, 0) is 17.8 Å². The Bertz CT molecular complexity index is 1220. The number of carbonyl (C=O) groups excluding carboxylic acids is 2. The number of fused-ring (bicyclic) bond motifs is 1. The van der Waals surface area contributed by atoms with E-state index in [-0.39, 0.29) is 25.1 Å². The molecule has 0 atom stereocenters. The predicted octanol–water partition coefficient (Wildman–Crippen LogP) is 1.57. The summed E-state index contributed by atoms with van der Waals surface area (Å²) in [6, 6.07) is 12.0. The Labute approximate surface area is 184 Å². The number of nitrogens with zero attached hydrogens (tertiary/aromatic N) is 1. The topological polar surface area (TPSA) is 133 Å². The van der Waals surface area contributed by atoms with Crippen LogP contribution in [0.5, 0.6) is 17.2 Å². The fourth-order valence-corrected chi connectivity index (χ4v) is 3.48. The largest absolute Gasteiger partial charge is 0.506 e. The Balaban J connectivity index is 1.85. The van der Waals surface area contributed by atoms with Crippen LogP contribution in [-0.4, -0.2) is 42.3 Å². The lowest BCUT2D eigenvalue weighted by molar-refractivity contribution is -0.118. The molecule has 1 heterocycles. The molecular formula is C23H25N3O6. The van der Waals surface area contributed by atoms with E-state index in [1.807, 2.05) is 6.07 Å². The second-order valence-corrected chi connectivity index (χ2v) is 7.11. The van der Waals surface area contributed by atoms with Crippen molar-refractivity contribution in [2.45, 2.75) is 19.4 Å². The third kappa shape index (κ3) is 4.66. The molecule has 0 spiro atoms. The molecule has 2 aromatic carbocycles. The highest BCUT2D eigenvalue weighted by Crippen LogP contribution is 2.28. The van der Waals surface area contributed by atoms with Crippen molar-refractivity contribution in [3.8, 4) is 17.2 Å². The van der Waals surface area contributed by atoms with Gasteiger partial charge in [0.15, 0.2) is 11.5 Å². The second kappa shape index (κ2) is 9.86. The number of aryl methyl sites for hydroxylation is 1. The average molecular weight is 439 g/mol. The molecule has 0 aliphatic rings. The van der Waals surface area contributed by atoms with Crippen molar-refractivity contribution in [1.29, 1.82) is 0 Å². The van der Waals surface area contributed by atoms with E-state index in [9.17, 15) is 19.5 Å². The van der Waals surface area contributed by atoms with Gasteiger partial charge in [-0.2, -0.15) is 0 Å². The number of carbonyl (C=O) groups is 2. The summed E-state index contributed by atoms with van der Waals surface area (Å²) >= 11 is 0. The van der Waals surface area contributed by atoms with E-state index in [2.05, 4.69) is 5.32 Å². The number of aromatic hydroxyl groups is 1. The average Bonchev–Trinajstić information content (AvgIpc) is 2.78. The summed E-state index contributed by atoms with van der Waals surface area (Å²) < 4.78 is 11.8. The fraction of sp³-hybridized carbons (Fsp3) is 0.261. The standard InChI is InChI=1S/C23H25N3O6/c1-31-17-8-7-14(13-18(17)32-2)9-11-25-22(29)20-21(28)15-5-3-4-6-16(15)26(23(20)30)12-10-19(24)27/h3-8,13,28H,9-12H2,1-2H3,(H2,24,27)(H,25,29). The van der Waals surface area contributed by atoms with Crippen molar-refractivity contribution in [3.05, 3.63) is 63.9 Å². The van der Waals surface area contributed by atoms with Crippen LogP contribution >= 0.6 is 0 Å². The Kier molecular flexibility index (Phi) is 6.99. The van der Waals surface area contributed by atoms with Gasteiger partial charge in [-0.3, -0.25) is 14.4 Å². The summed E-state index contributed by atoms with van der Waals surface area (Å²) in [6.07, 6.45) is 0.394. The van der Waals surface area contributed by atoms with Gasteiger partial charge in [0.05, 0.1) is 19.7 Å². The highest BCUT2D eigenvalue weighted by atomic mass is 16.5. The monoisotopic (exact) mass is 439 g/mol. The van der Waals surface area contributed by atoms with Gasteiger partial charge in [-0.05, 0) is 36.2 Å². The van der Waals surface area contributed by atoms with E-state index in [1.54, 1.807) is 43.5 Å². The zero-order valence-corrected chi connectivity index (χ0v) is 17.9. The maximum absolute atomic E-state index is 13.0. The highest BCUT2D eigenvalue weighted by Gasteiger charge is 2.22. The number of hydrogen-bond acceptors (Lipinski definition) is 6. The van der Waals surface area contributed by atoms with Gasteiger partial charge in [-0.1, -0.05) is 18.2 Å². The minimum absolute atomic E-state index is 0.000876. The van der Waals surface area contributed by atoms with Crippen LogP contribution < -0.4 is 26.1 Å². The Morgan fingerprint density at radius 3 is 2.50 bits per heavy atom. The van der Waals surface area contributed by atoms with Crippen molar-refractivity contribution >= 4 is 22.7 Å². The van der Waals surface area contributed by atoms with Crippen LogP contribution in [0.2, 0.25) is 0 Å². The quantitative estimate of drug-likeness (QED) is 0.464. The Morgan fingerprint density at radius 1 is 1.09 bits per heavy atom. The molecule has 0 bridgehead atoms. The third-order valence-electron chi connectivity index (χ3n) is 5.10. The molecule has 168 valence electrons. The van der Waals surface area contributed by atoms with Gasteiger partial charge < -0.3 is 30.2 Å². The van der Waals surface area contributed by atoms with Gasteiger partial charge in [0.1, 0.15) is 11.3 Å². The van der Waals surface area contributed by atoms with Crippen molar-refractivity contribution < 1.29 is 24.2 Å². The maximum atomic E-state index is 13.0. The zero-order chi connectivity index (χ0) is 23.3. The number of primary amides is 1. The fourth-order valence-electron chi connectivity index (χ4n) is 3.48. The number of rotatable bonds is 9. The van der Waals surface area contributed by atoms with Crippen LogP contribution in [0.25, 0.3) is 10.9 Å². The molecule has 9 nitrogen and oxygen atoms in total. The first-order chi connectivity index (χ1) is 15.4. The molecule has 0 radical (unpaired) electrons. The first kappa shape index (κ1) is 22.7. The van der Waals surface area contributed by atoms with Crippen LogP contribution in [0, 0.1) is 0 Å². The second-order valence-electron chi connectivity index (χ2n) is 7.11. The van der Waals surface area contributed by atoms with Crippen molar-refractivity contribution in [2.75, 3.05) is 20.8 Å². The summed E-state index contributed by atoms with van der Waals surface area (Å²) in [4.78, 5) is 37.0. The molecule has 0 unspecified atom stereocenters. The van der Waals surface area contributed by atoms with Crippen molar-refractivity contribution in [2.24, 2.45) is 5.73 Å². The van der Waals surface area contributed by atoms with E-state index < -0.39 is 23.1 Å². The summed E-state index contributed by atoms with van der Waals surface area (Å²) in [5.41, 5.74) is 5.47. The smallest absolute Gasteiger partial charge is 0.267 e. The molecule has 0 saturated heterocycles. The molecule has 3 aromatic rings. The molecule has 32 heavy (non-hydrogen) atoms. The number of para-hydroxylation sites is 1. The first-order valence-corrected chi connectivity index (χ1v) is 9.99. The molecule has 1 aromatic heterocycles. The molecule has 2 amide bonds. The Hall–Kier alpha value is -4.01. The van der Waals surface area contributed by atoms with Crippen LogP contribution in [0.1, 0.15) is 22.3 Å². The highest BCUT2D eigenvalue weighted by molar-refractivity contribution is 6.02. The molecular weight excluding hydrogens is 414 g/mol. The van der Waals surface area contributed by atoms with Gasteiger partial charge in [0.2, 0.25) is 5.91 Å². The van der Waals surface area contributed by atoms with Gasteiger partial charge in [0.25, 0.3) is 11.5 Å². The van der Waals surface area contributed by atoms with Gasteiger partial charge in [-0.15, -0.1) is 0 Å². The lowest BCUT2D eigenvalue weighted by atomic mass is 10.1. The number of methoxy groups -OCH3 is 2. The molecule has 0 fully saturated rings. The normalized spacial score (nSPS) is 10.7. The number of ether oxygens (including phenoxy) is 2. The zero-order valence-electron chi connectivity index (χ0n) is 17.9. The predicted molar refractivity (Wildman–Crippen MR) is 119 cm³/mol. The lowest BCUT2D eigenvalue weighted by Gasteiger charge is -2.14. The van der Waals surface area contributed by atoms with Crippen LogP contribution in [0.15, 0.2) is 47.3 Å². The lowest BCUT2D eigenvalue weighted by Crippen LogP contribution is -2.35. The van der Waals surface area contributed by atoms with E-state index >= 15 is 0 Å². The number of nitrogens with two attached hydrogens (primary N) is 1. The SMILES string of the molecule is COc1ccc(CCNC(=O)c2c(O)c3ccccc3n(CCC(N)=O)c2=O)cc1OC. The van der Waals surface area contributed by atoms with E-state index in [1.165, 1.54) is 11.7 Å². The van der Waals surface area contributed by atoms with Crippen LogP contribution in [0.3, 0.4) is 0 Å². The number of nitrogens with one attached hydrogen (secondary N) is 1. The molecule has 9 heteroatoms. The van der Waals surface area contributed by atoms with Gasteiger partial charge in [-0.25, -0.2) is 0 Å². The van der Waals surface area contributed by atoms with E-state index in [0.29, 0.717) is 28.8 Å². The number of benzene rings is 2. The maximum Gasteiger partial charge on any atom is 0.267 e. The minimum atomic E-state index is -0.702. The molecule has 0 saturated carbocycles. The van der Waals surface area contributed by atoms with Crippen LogP contribution in [0.4, 0.5) is 0 Å². The number of amides is 2. The Morgan fingerprint density at radius 2 is 1.81 bits per heavy atom. The molecule has 0 aliphatic heterocycles. The molecule has 0 aliphatic carbocycles. The van der Waals surface area contributed by atoms with Crippen molar-refractivity contribution in [1.82, 2.24) is 9.88 Å². The number of pyridine rings is 1. The molecule has 3 rings (SSSR count). The number of hydrogen-bond donors (Lipinski definition) is 3. The summed E-state index contributed by atoms with van der Waals surface area (Å²) in [5, 5.41) is 13.7.